The molecule has 0 aromatic rings. The predicted molar refractivity (Wildman–Crippen MR) is 191 cm³/mol. The van der Waals surface area contributed by atoms with Gasteiger partial charge in [0.15, 0.2) is 6.10 Å². The van der Waals surface area contributed by atoms with Gasteiger partial charge in [0.05, 0.1) is 6.61 Å². The summed E-state index contributed by atoms with van der Waals surface area (Å²) in [5.41, 5.74) is 0. The summed E-state index contributed by atoms with van der Waals surface area (Å²) >= 11 is 0. The lowest BCUT2D eigenvalue weighted by atomic mass is 10.0. The number of aliphatic hydroxyl groups is 1. The van der Waals surface area contributed by atoms with E-state index in [0.29, 0.717) is 12.8 Å². The van der Waals surface area contributed by atoms with E-state index in [9.17, 15) is 14.7 Å². The summed E-state index contributed by atoms with van der Waals surface area (Å²) < 4.78 is 10.5. The van der Waals surface area contributed by atoms with Crippen molar-refractivity contribution in [2.45, 2.75) is 206 Å². The van der Waals surface area contributed by atoms with E-state index < -0.39 is 6.10 Å². The smallest absolute Gasteiger partial charge is 0.306 e. The Labute approximate surface area is 279 Å². The van der Waals surface area contributed by atoms with Crippen LogP contribution in [0.25, 0.3) is 0 Å². The van der Waals surface area contributed by atoms with Gasteiger partial charge in [-0.1, -0.05) is 179 Å². The highest BCUT2D eigenvalue weighted by Gasteiger charge is 2.15. The third-order valence-corrected chi connectivity index (χ3v) is 8.51. The number of aliphatic hydroxyl groups excluding tert-OH is 1. The molecule has 0 aliphatic rings. The molecule has 0 aliphatic carbocycles. The zero-order valence-electron chi connectivity index (χ0n) is 29.9. The lowest BCUT2D eigenvalue weighted by molar-refractivity contribution is -0.161. The molecule has 0 spiro atoms. The van der Waals surface area contributed by atoms with Crippen LogP contribution in [-0.4, -0.2) is 36.4 Å². The summed E-state index contributed by atoms with van der Waals surface area (Å²) in [7, 11) is 0. The van der Waals surface area contributed by atoms with Crippen LogP contribution in [0.3, 0.4) is 0 Å². The van der Waals surface area contributed by atoms with Gasteiger partial charge in [-0.3, -0.25) is 9.59 Å². The average molecular weight is 635 g/mol. The maximum Gasteiger partial charge on any atom is 0.306 e. The van der Waals surface area contributed by atoms with Crippen molar-refractivity contribution in [2.24, 2.45) is 0 Å². The highest BCUT2D eigenvalue weighted by molar-refractivity contribution is 5.70. The fraction of sp³-hybridized carbons (Fsp3) is 0.850. The molecule has 0 heterocycles. The number of carbonyl (C=O) groups excluding carboxylic acids is 2. The Kier molecular flexibility index (Phi) is 35.5. The van der Waals surface area contributed by atoms with Crippen molar-refractivity contribution < 1.29 is 24.2 Å². The lowest BCUT2D eigenvalue weighted by Crippen LogP contribution is -2.28. The minimum absolute atomic E-state index is 0.0922. The fourth-order valence-corrected chi connectivity index (χ4v) is 5.55. The SMILES string of the molecule is CCCCCCCC/C=C/C/C=C/CCC(=O)OCC(CO)OC(=O)CCCCCCCCCCCCCCCCCCCC. The van der Waals surface area contributed by atoms with Gasteiger partial charge in [0.1, 0.15) is 6.61 Å². The second-order valence-electron chi connectivity index (χ2n) is 13.0. The van der Waals surface area contributed by atoms with Crippen LogP contribution in [0.1, 0.15) is 200 Å². The zero-order valence-corrected chi connectivity index (χ0v) is 29.9. The molecule has 264 valence electrons. The first kappa shape index (κ1) is 43.4. The second kappa shape index (κ2) is 36.8. The monoisotopic (exact) mass is 635 g/mol. The molecule has 45 heavy (non-hydrogen) atoms. The summed E-state index contributed by atoms with van der Waals surface area (Å²) in [5, 5.41) is 9.53. The number of hydrogen-bond acceptors (Lipinski definition) is 5. The van der Waals surface area contributed by atoms with E-state index in [0.717, 1.165) is 32.1 Å². The standard InChI is InChI=1S/C40H74O5/c1-3-5-7-9-11-13-15-17-18-19-20-21-23-25-27-29-31-33-35-40(43)45-38(36-41)37-44-39(42)34-32-30-28-26-24-22-16-14-12-10-8-6-4-2/h22,24,28,30,38,41H,3-21,23,25-27,29,31-37H2,1-2H3/b24-22+,30-28+. The number of esters is 2. The Hall–Kier alpha value is -1.62. The molecule has 1 unspecified atom stereocenters. The topological polar surface area (TPSA) is 72.8 Å². The van der Waals surface area contributed by atoms with E-state index in [1.165, 1.54) is 135 Å². The molecule has 0 bridgehead atoms. The normalized spacial score (nSPS) is 12.3. The molecule has 0 aromatic heterocycles. The van der Waals surface area contributed by atoms with E-state index in [4.69, 9.17) is 9.47 Å². The number of allylic oxidation sites excluding steroid dienone is 4. The van der Waals surface area contributed by atoms with Crippen LogP contribution in [0, 0.1) is 0 Å². The molecule has 1 N–H and O–H groups in total. The predicted octanol–water partition coefficient (Wildman–Crippen LogP) is 11.9. The quantitative estimate of drug-likeness (QED) is 0.0426. The summed E-state index contributed by atoms with van der Waals surface area (Å²) in [6, 6.07) is 0. The van der Waals surface area contributed by atoms with Crippen LogP contribution in [0.2, 0.25) is 0 Å². The molecule has 1 atom stereocenters. The largest absolute Gasteiger partial charge is 0.462 e. The summed E-state index contributed by atoms with van der Waals surface area (Å²) in [5.74, 6) is -0.662. The molecule has 0 aromatic carbocycles. The Morgan fingerprint density at radius 3 is 1.40 bits per heavy atom. The molecular weight excluding hydrogens is 560 g/mol. The fourth-order valence-electron chi connectivity index (χ4n) is 5.55. The molecule has 0 fully saturated rings. The van der Waals surface area contributed by atoms with Crippen molar-refractivity contribution in [2.75, 3.05) is 13.2 Å². The Balaban J connectivity index is 3.57. The van der Waals surface area contributed by atoms with Gasteiger partial charge in [-0.15, -0.1) is 0 Å². The minimum Gasteiger partial charge on any atom is -0.462 e. The summed E-state index contributed by atoms with van der Waals surface area (Å²) in [6.45, 7) is 4.09. The van der Waals surface area contributed by atoms with Crippen molar-refractivity contribution in [1.82, 2.24) is 0 Å². The number of rotatable bonds is 35. The molecule has 5 heteroatoms. The first-order valence-corrected chi connectivity index (χ1v) is 19.4. The lowest BCUT2D eigenvalue weighted by Gasteiger charge is -2.15. The van der Waals surface area contributed by atoms with Gasteiger partial charge in [0.2, 0.25) is 0 Å². The third kappa shape index (κ3) is 35.1. The molecule has 0 rings (SSSR count). The minimum atomic E-state index is -0.788. The van der Waals surface area contributed by atoms with E-state index in [-0.39, 0.29) is 31.6 Å². The first-order valence-electron chi connectivity index (χ1n) is 19.4. The molecule has 0 saturated carbocycles. The molecule has 5 nitrogen and oxygen atoms in total. The van der Waals surface area contributed by atoms with Crippen LogP contribution in [0.4, 0.5) is 0 Å². The van der Waals surface area contributed by atoms with E-state index >= 15 is 0 Å². The van der Waals surface area contributed by atoms with Gasteiger partial charge >= 0.3 is 11.9 Å². The molecular formula is C40H74O5. The maximum atomic E-state index is 12.1. The van der Waals surface area contributed by atoms with E-state index in [1.807, 2.05) is 6.08 Å². The first-order chi connectivity index (χ1) is 22.1. The Morgan fingerprint density at radius 1 is 0.511 bits per heavy atom. The third-order valence-electron chi connectivity index (χ3n) is 8.51. The van der Waals surface area contributed by atoms with E-state index in [1.54, 1.807) is 0 Å². The van der Waals surface area contributed by atoms with E-state index in [2.05, 4.69) is 32.1 Å². The Bertz CT molecular complexity index is 686. The maximum absolute atomic E-state index is 12.1. The number of carbonyl (C=O) groups is 2. The van der Waals surface area contributed by atoms with Gasteiger partial charge in [-0.25, -0.2) is 0 Å². The summed E-state index contributed by atoms with van der Waals surface area (Å²) in [4.78, 5) is 24.2. The van der Waals surface area contributed by atoms with Crippen LogP contribution < -0.4 is 0 Å². The summed E-state index contributed by atoms with van der Waals surface area (Å²) in [6.07, 6.45) is 42.5. The highest BCUT2D eigenvalue weighted by atomic mass is 16.6. The van der Waals surface area contributed by atoms with Crippen LogP contribution in [0.5, 0.6) is 0 Å². The second-order valence-corrected chi connectivity index (χ2v) is 13.0. The van der Waals surface area contributed by atoms with Gasteiger partial charge < -0.3 is 14.6 Å². The molecule has 0 saturated heterocycles. The van der Waals surface area contributed by atoms with Crippen LogP contribution >= 0.6 is 0 Å². The van der Waals surface area contributed by atoms with Crippen LogP contribution in [0.15, 0.2) is 24.3 Å². The van der Waals surface area contributed by atoms with Crippen LogP contribution in [-0.2, 0) is 19.1 Å². The number of hydrogen-bond donors (Lipinski definition) is 1. The van der Waals surface area contributed by atoms with Gasteiger partial charge in [0.25, 0.3) is 0 Å². The van der Waals surface area contributed by atoms with Crippen molar-refractivity contribution >= 4 is 11.9 Å². The van der Waals surface area contributed by atoms with Crippen molar-refractivity contribution in [1.29, 1.82) is 0 Å². The zero-order chi connectivity index (χ0) is 32.9. The van der Waals surface area contributed by atoms with Gasteiger partial charge in [-0.05, 0) is 32.1 Å². The van der Waals surface area contributed by atoms with Crippen molar-refractivity contribution in [3.05, 3.63) is 24.3 Å². The number of unbranched alkanes of at least 4 members (excludes halogenated alkanes) is 23. The van der Waals surface area contributed by atoms with Gasteiger partial charge in [-0.2, -0.15) is 0 Å². The molecule has 0 amide bonds. The highest BCUT2D eigenvalue weighted by Crippen LogP contribution is 2.15. The Morgan fingerprint density at radius 2 is 0.933 bits per heavy atom. The average Bonchev–Trinajstić information content (AvgIpc) is 3.04. The van der Waals surface area contributed by atoms with Crippen molar-refractivity contribution in [3.63, 3.8) is 0 Å². The molecule has 0 radical (unpaired) electrons. The molecule has 0 aliphatic heterocycles. The van der Waals surface area contributed by atoms with Gasteiger partial charge in [0, 0.05) is 12.8 Å². The number of ether oxygens (including phenoxy) is 2. The van der Waals surface area contributed by atoms with Crippen molar-refractivity contribution in [3.8, 4) is 0 Å².